The first-order chi connectivity index (χ1) is 15.8. The van der Waals surface area contributed by atoms with Gasteiger partial charge in [0.15, 0.2) is 0 Å². The monoisotopic (exact) mass is 450 g/mol. The van der Waals surface area contributed by atoms with Gasteiger partial charge in [-0.25, -0.2) is 4.79 Å². The second kappa shape index (κ2) is 9.25. The predicted octanol–water partition coefficient (Wildman–Crippen LogP) is 3.92. The van der Waals surface area contributed by atoms with Crippen molar-refractivity contribution in [3.05, 3.63) is 59.7 Å². The maximum Gasteiger partial charge on any atom is 0.407 e. The van der Waals surface area contributed by atoms with Crippen molar-refractivity contribution in [1.82, 2.24) is 10.6 Å². The van der Waals surface area contributed by atoms with Crippen molar-refractivity contribution < 1.29 is 24.2 Å². The number of aliphatic carboxylic acids is 1. The summed E-state index contributed by atoms with van der Waals surface area (Å²) in [6, 6.07) is 15.4. The lowest BCUT2D eigenvalue weighted by Gasteiger charge is -2.23. The highest BCUT2D eigenvalue weighted by molar-refractivity contribution is 5.86. The summed E-state index contributed by atoms with van der Waals surface area (Å²) in [6.45, 7) is 3.24. The Labute approximate surface area is 193 Å². The molecule has 7 heteroatoms. The molecule has 0 heterocycles. The molecule has 0 unspecified atom stereocenters. The van der Waals surface area contributed by atoms with E-state index in [0.29, 0.717) is 12.3 Å². The van der Waals surface area contributed by atoms with E-state index in [1.165, 1.54) is 0 Å². The molecule has 2 aromatic carbocycles. The number of rotatable bonds is 9. The predicted molar refractivity (Wildman–Crippen MR) is 124 cm³/mol. The van der Waals surface area contributed by atoms with E-state index in [0.717, 1.165) is 35.1 Å². The van der Waals surface area contributed by atoms with Crippen molar-refractivity contribution in [3.8, 4) is 11.1 Å². The zero-order chi connectivity index (χ0) is 23.6. The Bertz CT molecular complexity index is 1010. The maximum atomic E-state index is 12.7. The second-order valence-electron chi connectivity index (χ2n) is 9.61. The zero-order valence-corrected chi connectivity index (χ0v) is 19.0. The highest BCUT2D eigenvalue weighted by Gasteiger charge is 2.34. The van der Waals surface area contributed by atoms with Gasteiger partial charge in [0.2, 0.25) is 5.91 Å². The van der Waals surface area contributed by atoms with E-state index in [9.17, 15) is 19.5 Å². The fourth-order valence-corrected chi connectivity index (χ4v) is 4.21. The minimum atomic E-state index is -1.09. The molecule has 33 heavy (non-hydrogen) atoms. The Hall–Kier alpha value is -3.35. The summed E-state index contributed by atoms with van der Waals surface area (Å²) in [7, 11) is 0. The summed E-state index contributed by atoms with van der Waals surface area (Å²) >= 11 is 0. The van der Waals surface area contributed by atoms with E-state index < -0.39 is 23.5 Å². The first-order valence-corrected chi connectivity index (χ1v) is 11.4. The summed E-state index contributed by atoms with van der Waals surface area (Å²) < 4.78 is 5.58. The van der Waals surface area contributed by atoms with E-state index in [4.69, 9.17) is 4.74 Å². The van der Waals surface area contributed by atoms with Crippen LogP contribution in [0.3, 0.4) is 0 Å². The lowest BCUT2D eigenvalue weighted by Crippen LogP contribution is -2.50. The number of carbonyl (C=O) groups is 3. The summed E-state index contributed by atoms with van der Waals surface area (Å²) in [4.78, 5) is 36.7. The number of carboxylic acids is 1. The molecule has 1 fully saturated rings. The number of hydrogen-bond donors (Lipinski definition) is 3. The Morgan fingerprint density at radius 1 is 1.03 bits per heavy atom. The Morgan fingerprint density at radius 3 is 2.15 bits per heavy atom. The number of nitrogens with one attached hydrogen (secondary N) is 2. The van der Waals surface area contributed by atoms with Crippen molar-refractivity contribution in [2.45, 2.75) is 45.1 Å². The van der Waals surface area contributed by atoms with Gasteiger partial charge in [-0.1, -0.05) is 61.4 Å². The maximum absolute atomic E-state index is 12.7. The number of amides is 2. The third-order valence-electron chi connectivity index (χ3n) is 6.50. The van der Waals surface area contributed by atoms with E-state index in [1.54, 1.807) is 13.8 Å². The van der Waals surface area contributed by atoms with Crippen LogP contribution in [0.2, 0.25) is 0 Å². The quantitative estimate of drug-likeness (QED) is 0.537. The fourth-order valence-electron chi connectivity index (χ4n) is 4.21. The highest BCUT2D eigenvalue weighted by atomic mass is 16.5. The molecular formula is C26H30N2O5. The third-order valence-corrected chi connectivity index (χ3v) is 6.50. The molecule has 2 aliphatic carbocycles. The molecule has 1 saturated carbocycles. The molecule has 3 N–H and O–H groups in total. The van der Waals surface area contributed by atoms with Gasteiger partial charge in [-0.3, -0.25) is 9.59 Å². The molecule has 7 nitrogen and oxygen atoms in total. The average molecular weight is 451 g/mol. The number of benzene rings is 2. The van der Waals surface area contributed by atoms with Crippen LogP contribution >= 0.6 is 0 Å². The Balaban J connectivity index is 1.38. The van der Waals surface area contributed by atoms with E-state index in [-0.39, 0.29) is 25.0 Å². The first kappa shape index (κ1) is 22.8. The van der Waals surface area contributed by atoms with Gasteiger partial charge in [-0.2, -0.15) is 0 Å². The van der Waals surface area contributed by atoms with Gasteiger partial charge in [0.1, 0.15) is 12.6 Å². The molecule has 0 spiro atoms. The number of alkyl carbamates (subject to hydrolysis) is 1. The Morgan fingerprint density at radius 2 is 1.61 bits per heavy atom. The summed E-state index contributed by atoms with van der Waals surface area (Å²) in [5.74, 6) is -1.05. The minimum Gasteiger partial charge on any atom is -0.481 e. The van der Waals surface area contributed by atoms with Crippen molar-refractivity contribution in [3.63, 3.8) is 0 Å². The number of fused-ring (bicyclic) bond motifs is 3. The van der Waals surface area contributed by atoms with Crippen LogP contribution in [-0.2, 0) is 14.3 Å². The molecule has 0 aromatic heterocycles. The van der Waals surface area contributed by atoms with E-state index in [2.05, 4.69) is 34.9 Å². The molecule has 174 valence electrons. The number of carboxylic acid groups (broad SMARTS) is 1. The largest absolute Gasteiger partial charge is 0.481 e. The van der Waals surface area contributed by atoms with E-state index in [1.807, 2.05) is 24.3 Å². The van der Waals surface area contributed by atoms with Gasteiger partial charge < -0.3 is 20.5 Å². The van der Waals surface area contributed by atoms with Gasteiger partial charge in [0.05, 0.1) is 5.41 Å². The highest BCUT2D eigenvalue weighted by Crippen LogP contribution is 2.44. The van der Waals surface area contributed by atoms with Gasteiger partial charge in [0, 0.05) is 12.5 Å². The van der Waals surface area contributed by atoms with Crippen molar-refractivity contribution in [2.24, 2.45) is 11.3 Å². The smallest absolute Gasteiger partial charge is 0.407 e. The zero-order valence-electron chi connectivity index (χ0n) is 19.0. The molecule has 0 radical (unpaired) electrons. The lowest BCUT2D eigenvalue weighted by molar-refractivity contribution is -0.146. The van der Waals surface area contributed by atoms with Gasteiger partial charge in [-0.05, 0) is 48.4 Å². The standard InChI is InChI=1S/C26H30N2O5/c1-26(2,24(30)31)15-27-23(29)22(13-16-11-12-16)28-25(32)33-14-21-19-9-5-3-7-17(19)18-8-4-6-10-20(18)21/h3-10,16,21-22H,11-15H2,1-2H3,(H,27,29)(H,28,32)(H,30,31)/t22-/m0/s1. The van der Waals surface area contributed by atoms with Gasteiger partial charge in [0.25, 0.3) is 0 Å². The minimum absolute atomic E-state index is 0.0191. The van der Waals surface area contributed by atoms with Crippen molar-refractivity contribution >= 4 is 18.0 Å². The Kier molecular flexibility index (Phi) is 6.40. The van der Waals surface area contributed by atoms with E-state index >= 15 is 0 Å². The second-order valence-corrected chi connectivity index (χ2v) is 9.61. The molecule has 2 aromatic rings. The molecule has 0 aliphatic heterocycles. The molecule has 4 rings (SSSR count). The number of carbonyl (C=O) groups excluding carboxylic acids is 2. The molecular weight excluding hydrogens is 420 g/mol. The lowest BCUT2D eigenvalue weighted by atomic mass is 9.93. The van der Waals surface area contributed by atoms with Crippen molar-refractivity contribution in [1.29, 1.82) is 0 Å². The number of hydrogen-bond acceptors (Lipinski definition) is 4. The van der Waals surface area contributed by atoms with Gasteiger partial charge in [-0.15, -0.1) is 0 Å². The molecule has 1 atom stereocenters. The fraction of sp³-hybridized carbons (Fsp3) is 0.423. The SMILES string of the molecule is CC(C)(CNC(=O)[C@H](CC1CC1)NC(=O)OCC1c2ccccc2-c2ccccc21)C(=O)O. The summed E-state index contributed by atoms with van der Waals surface area (Å²) in [6.07, 6.45) is 1.92. The molecule has 2 amide bonds. The van der Waals surface area contributed by atoms with Crippen LogP contribution in [0.15, 0.2) is 48.5 Å². The first-order valence-electron chi connectivity index (χ1n) is 11.4. The summed E-state index contributed by atoms with van der Waals surface area (Å²) in [5, 5.41) is 14.6. The van der Waals surface area contributed by atoms with Crippen LogP contribution in [0.4, 0.5) is 4.79 Å². The molecule has 0 bridgehead atoms. The molecule has 0 saturated heterocycles. The number of ether oxygens (including phenoxy) is 1. The van der Waals surface area contributed by atoms with Crippen LogP contribution in [0.5, 0.6) is 0 Å². The normalized spacial score (nSPS) is 15.8. The van der Waals surface area contributed by atoms with Crippen LogP contribution in [0.25, 0.3) is 11.1 Å². The van der Waals surface area contributed by atoms with Crippen molar-refractivity contribution in [2.75, 3.05) is 13.2 Å². The topological polar surface area (TPSA) is 105 Å². The average Bonchev–Trinajstić information content (AvgIpc) is 3.56. The summed E-state index contributed by atoms with van der Waals surface area (Å²) in [5.41, 5.74) is 3.44. The van der Waals surface area contributed by atoms with Crippen LogP contribution in [0, 0.1) is 11.3 Å². The van der Waals surface area contributed by atoms with Crippen LogP contribution in [-0.4, -0.2) is 42.3 Å². The molecule has 2 aliphatic rings. The van der Waals surface area contributed by atoms with Gasteiger partial charge >= 0.3 is 12.1 Å². The van der Waals surface area contributed by atoms with Crippen LogP contribution in [0.1, 0.15) is 50.2 Å². The van der Waals surface area contributed by atoms with Crippen LogP contribution < -0.4 is 10.6 Å². The third kappa shape index (κ3) is 5.18.